The van der Waals surface area contributed by atoms with Crippen molar-refractivity contribution in [3.8, 4) is 11.1 Å². The number of pyridine rings is 1. The van der Waals surface area contributed by atoms with Crippen LogP contribution in [0.4, 0.5) is 0 Å². The van der Waals surface area contributed by atoms with E-state index in [1.54, 1.807) is 0 Å². The molecule has 2 unspecified atom stereocenters. The lowest BCUT2D eigenvalue weighted by atomic mass is 9.82. The maximum atomic E-state index is 13.6. The second kappa shape index (κ2) is 8.14. The maximum Gasteiger partial charge on any atom is 0.258 e. The van der Waals surface area contributed by atoms with Gasteiger partial charge in [0.2, 0.25) is 0 Å². The molecule has 2 aromatic heterocycles. The van der Waals surface area contributed by atoms with E-state index < -0.39 is 0 Å². The van der Waals surface area contributed by atoms with Gasteiger partial charge in [0.05, 0.1) is 0 Å². The van der Waals surface area contributed by atoms with Gasteiger partial charge in [-0.15, -0.1) is 11.3 Å². The molecule has 0 saturated carbocycles. The van der Waals surface area contributed by atoms with Crippen LogP contribution in [0.5, 0.6) is 0 Å². The summed E-state index contributed by atoms with van der Waals surface area (Å²) in [4.78, 5) is 19.7. The van der Waals surface area contributed by atoms with Crippen LogP contribution >= 0.6 is 11.3 Å². The lowest BCUT2D eigenvalue weighted by Crippen LogP contribution is -2.46. The van der Waals surface area contributed by atoms with E-state index in [1.807, 2.05) is 17.4 Å². The van der Waals surface area contributed by atoms with Gasteiger partial charge < -0.3 is 9.47 Å². The van der Waals surface area contributed by atoms with E-state index in [0.717, 1.165) is 43.9 Å². The molecule has 4 nitrogen and oxygen atoms in total. The molecular weight excluding hydrogens is 390 g/mol. The number of rotatable bonds is 5. The summed E-state index contributed by atoms with van der Waals surface area (Å²) in [5.41, 5.74) is 4.52. The van der Waals surface area contributed by atoms with Crippen molar-refractivity contribution >= 4 is 11.3 Å². The molecule has 156 valence electrons. The van der Waals surface area contributed by atoms with Gasteiger partial charge >= 0.3 is 0 Å². The number of thiophene rings is 1. The smallest absolute Gasteiger partial charge is 0.258 e. The van der Waals surface area contributed by atoms with Crippen molar-refractivity contribution in [2.24, 2.45) is 5.92 Å². The Balaban J connectivity index is 1.46. The van der Waals surface area contributed by atoms with E-state index >= 15 is 0 Å². The van der Waals surface area contributed by atoms with Crippen LogP contribution in [0.2, 0.25) is 0 Å². The normalized spacial score (nSPS) is 21.0. The van der Waals surface area contributed by atoms with Crippen molar-refractivity contribution in [1.82, 2.24) is 14.4 Å². The fourth-order valence-electron chi connectivity index (χ4n) is 5.26. The lowest BCUT2D eigenvalue weighted by Gasteiger charge is -2.42. The second-order valence-electron chi connectivity index (χ2n) is 9.05. The zero-order valence-corrected chi connectivity index (χ0v) is 18.6. The molecule has 0 radical (unpaired) electrons. The molecule has 1 aromatic carbocycles. The molecule has 30 heavy (non-hydrogen) atoms. The summed E-state index contributed by atoms with van der Waals surface area (Å²) in [6.07, 6.45) is 1.21. The minimum absolute atomic E-state index is 0.181. The van der Waals surface area contributed by atoms with Crippen molar-refractivity contribution < 1.29 is 0 Å². The first-order chi connectivity index (χ1) is 14.6. The van der Waals surface area contributed by atoms with Crippen LogP contribution in [-0.2, 0) is 19.6 Å². The van der Waals surface area contributed by atoms with Gasteiger partial charge in [0.25, 0.3) is 5.56 Å². The van der Waals surface area contributed by atoms with Gasteiger partial charge in [-0.1, -0.05) is 30.3 Å². The Morgan fingerprint density at radius 2 is 1.87 bits per heavy atom. The van der Waals surface area contributed by atoms with Crippen LogP contribution < -0.4 is 5.56 Å². The molecule has 0 amide bonds. The highest BCUT2D eigenvalue weighted by atomic mass is 32.1. The number of likely N-dealkylation sites (tertiary alicyclic amines) is 1. The van der Waals surface area contributed by atoms with Gasteiger partial charge in [-0.05, 0) is 61.1 Å². The number of nitrogens with zero attached hydrogens (tertiary/aromatic N) is 3. The Labute approximate surface area is 182 Å². The zero-order valence-electron chi connectivity index (χ0n) is 17.8. The molecular formula is C25H29N3OS. The zero-order chi connectivity index (χ0) is 20.7. The lowest BCUT2D eigenvalue weighted by molar-refractivity contribution is 0.115. The van der Waals surface area contributed by atoms with Crippen molar-refractivity contribution in [3.63, 3.8) is 0 Å². The van der Waals surface area contributed by atoms with Crippen LogP contribution in [0.3, 0.4) is 0 Å². The molecule has 2 atom stereocenters. The monoisotopic (exact) mass is 419 g/mol. The van der Waals surface area contributed by atoms with Crippen molar-refractivity contribution in [2.45, 2.75) is 32.0 Å². The number of hydrogen-bond acceptors (Lipinski definition) is 4. The minimum Gasteiger partial charge on any atom is -0.311 e. The quantitative estimate of drug-likeness (QED) is 0.619. The highest BCUT2D eigenvalue weighted by Crippen LogP contribution is 2.36. The fraction of sp³-hybridized carbons (Fsp3) is 0.400. The number of fused-ring (bicyclic) bond motifs is 4. The molecule has 0 aliphatic carbocycles. The highest BCUT2D eigenvalue weighted by molar-refractivity contribution is 7.09. The molecule has 4 heterocycles. The highest BCUT2D eigenvalue weighted by Gasteiger charge is 2.35. The predicted molar refractivity (Wildman–Crippen MR) is 124 cm³/mol. The van der Waals surface area contributed by atoms with Crippen molar-refractivity contribution in [3.05, 3.63) is 80.4 Å². The molecule has 0 spiro atoms. The third-order valence-corrected chi connectivity index (χ3v) is 7.29. The molecule has 2 aliphatic rings. The first-order valence-corrected chi connectivity index (χ1v) is 11.7. The topological polar surface area (TPSA) is 28.5 Å². The summed E-state index contributed by atoms with van der Waals surface area (Å²) in [5.74, 6) is 1.01. The molecule has 0 N–H and O–H groups in total. The first-order valence-electron chi connectivity index (χ1n) is 10.8. The molecule has 2 bridgehead atoms. The van der Waals surface area contributed by atoms with Crippen LogP contribution in [0.15, 0.2) is 58.7 Å². The SMILES string of the molecule is CN(C)Cc1ccccc1-c1ccc2n(c1=O)CC1CC2CN(Cc2cccs2)C1. The summed E-state index contributed by atoms with van der Waals surface area (Å²) >= 11 is 1.84. The Hall–Kier alpha value is -2.21. The van der Waals surface area contributed by atoms with Crippen LogP contribution in [0.25, 0.3) is 11.1 Å². The molecule has 3 aromatic rings. The summed E-state index contributed by atoms with van der Waals surface area (Å²) in [5, 5.41) is 2.16. The maximum absolute atomic E-state index is 13.6. The third kappa shape index (κ3) is 3.78. The predicted octanol–water partition coefficient (Wildman–Crippen LogP) is 4.26. The standard InChI is InChI=1S/C25H29N3OS/c1-26(2)15-19-6-3-4-8-22(19)23-9-10-24-20-12-18(14-28(24)25(23)29)13-27(16-20)17-21-7-5-11-30-21/h3-11,18,20H,12-17H2,1-2H3. The minimum atomic E-state index is 0.181. The van der Waals surface area contributed by atoms with Crippen LogP contribution in [0.1, 0.15) is 28.5 Å². The van der Waals surface area contributed by atoms with Gasteiger partial charge in [0, 0.05) is 54.8 Å². The van der Waals surface area contributed by atoms with E-state index in [4.69, 9.17) is 0 Å². The summed E-state index contributed by atoms with van der Waals surface area (Å²) in [6, 6.07) is 17.0. The largest absolute Gasteiger partial charge is 0.311 e. The molecule has 2 aliphatic heterocycles. The average molecular weight is 420 g/mol. The molecule has 5 heteroatoms. The molecule has 1 fully saturated rings. The van der Waals surface area contributed by atoms with Crippen molar-refractivity contribution in [2.75, 3.05) is 27.2 Å². The van der Waals surface area contributed by atoms with Crippen molar-refractivity contribution in [1.29, 1.82) is 0 Å². The van der Waals surface area contributed by atoms with Gasteiger partial charge in [-0.3, -0.25) is 9.69 Å². The second-order valence-corrected chi connectivity index (χ2v) is 10.1. The first kappa shape index (κ1) is 19.7. The van der Waals surface area contributed by atoms with E-state index in [1.165, 1.54) is 22.6 Å². The van der Waals surface area contributed by atoms with Gasteiger partial charge in [-0.25, -0.2) is 0 Å². The van der Waals surface area contributed by atoms with E-state index in [-0.39, 0.29) is 5.56 Å². The Bertz CT molecular complexity index is 1090. The van der Waals surface area contributed by atoms with Gasteiger partial charge in [-0.2, -0.15) is 0 Å². The average Bonchev–Trinajstić information content (AvgIpc) is 3.22. The van der Waals surface area contributed by atoms with Crippen LogP contribution in [0, 0.1) is 5.92 Å². The molecule has 1 saturated heterocycles. The fourth-order valence-corrected chi connectivity index (χ4v) is 6.01. The Morgan fingerprint density at radius 1 is 1.00 bits per heavy atom. The number of aromatic nitrogens is 1. The van der Waals surface area contributed by atoms with E-state index in [2.05, 4.69) is 76.3 Å². The van der Waals surface area contributed by atoms with Crippen LogP contribution in [-0.4, -0.2) is 41.6 Å². The Morgan fingerprint density at radius 3 is 2.67 bits per heavy atom. The third-order valence-electron chi connectivity index (χ3n) is 6.43. The Kier molecular flexibility index (Phi) is 5.35. The van der Waals surface area contributed by atoms with Gasteiger partial charge in [0.15, 0.2) is 0 Å². The molecule has 5 rings (SSSR count). The van der Waals surface area contributed by atoms with Gasteiger partial charge in [0.1, 0.15) is 0 Å². The summed E-state index contributed by atoms with van der Waals surface area (Å²) < 4.78 is 2.09. The van der Waals surface area contributed by atoms with E-state index in [9.17, 15) is 4.79 Å². The van der Waals surface area contributed by atoms with E-state index in [0.29, 0.717) is 11.8 Å². The number of piperidine rings is 1. The number of benzene rings is 1. The summed E-state index contributed by atoms with van der Waals surface area (Å²) in [7, 11) is 4.14. The summed E-state index contributed by atoms with van der Waals surface area (Å²) in [6.45, 7) is 4.84. The number of hydrogen-bond donors (Lipinski definition) is 0.